The first kappa shape index (κ1) is 14.1. The van der Waals surface area contributed by atoms with E-state index < -0.39 is 8.56 Å². The smallest absolute Gasteiger partial charge is 0.340 e. The Kier molecular flexibility index (Phi) is 7.93. The lowest BCUT2D eigenvalue weighted by Crippen LogP contribution is -2.42. The standard InChI is InChI=1S/C10H18N2O2Si/c1-3-13-15(14-4-2,9-5-7-11)10-6-8-12/h3-6,9-10H2,1-2H3. The normalized spacial score (nSPS) is 10.7. The summed E-state index contributed by atoms with van der Waals surface area (Å²) in [7, 11) is -2.28. The van der Waals surface area contributed by atoms with Crippen molar-refractivity contribution in [3.05, 3.63) is 0 Å². The van der Waals surface area contributed by atoms with Crippen LogP contribution in [0.1, 0.15) is 26.7 Å². The summed E-state index contributed by atoms with van der Waals surface area (Å²) >= 11 is 0. The van der Waals surface area contributed by atoms with Crippen LogP contribution >= 0.6 is 0 Å². The summed E-state index contributed by atoms with van der Waals surface area (Å²) in [4.78, 5) is 0. The predicted molar refractivity (Wildman–Crippen MR) is 59.1 cm³/mol. The third-order valence-corrected chi connectivity index (χ3v) is 5.70. The van der Waals surface area contributed by atoms with Crippen molar-refractivity contribution >= 4 is 8.56 Å². The Morgan fingerprint density at radius 3 is 1.60 bits per heavy atom. The molecule has 4 nitrogen and oxygen atoms in total. The molecule has 0 aliphatic heterocycles. The first-order valence-electron chi connectivity index (χ1n) is 5.26. The van der Waals surface area contributed by atoms with Crippen molar-refractivity contribution in [2.24, 2.45) is 0 Å². The second-order valence-electron chi connectivity index (χ2n) is 3.09. The van der Waals surface area contributed by atoms with Crippen molar-refractivity contribution in [3.8, 4) is 12.1 Å². The monoisotopic (exact) mass is 226 g/mol. The van der Waals surface area contributed by atoms with Crippen LogP contribution in [0.15, 0.2) is 0 Å². The molecule has 0 heterocycles. The molecule has 0 unspecified atom stereocenters. The largest absolute Gasteiger partial charge is 0.394 e. The summed E-state index contributed by atoms with van der Waals surface area (Å²) in [5, 5.41) is 17.2. The summed E-state index contributed by atoms with van der Waals surface area (Å²) in [6, 6.07) is 5.54. The van der Waals surface area contributed by atoms with E-state index in [4.69, 9.17) is 19.4 Å². The van der Waals surface area contributed by atoms with Crippen LogP contribution in [0.4, 0.5) is 0 Å². The molecule has 5 heteroatoms. The van der Waals surface area contributed by atoms with E-state index in [1.165, 1.54) is 0 Å². The molecule has 0 saturated carbocycles. The van der Waals surface area contributed by atoms with Gasteiger partial charge in [0.05, 0.1) is 12.1 Å². The van der Waals surface area contributed by atoms with Gasteiger partial charge in [-0.15, -0.1) is 0 Å². The fourth-order valence-corrected chi connectivity index (χ4v) is 4.42. The van der Waals surface area contributed by atoms with Crippen molar-refractivity contribution in [2.75, 3.05) is 13.2 Å². The van der Waals surface area contributed by atoms with Crippen LogP contribution in [0, 0.1) is 22.7 Å². The van der Waals surface area contributed by atoms with Crippen molar-refractivity contribution in [1.82, 2.24) is 0 Å². The molecule has 0 aromatic heterocycles. The molecule has 0 aromatic rings. The van der Waals surface area contributed by atoms with Gasteiger partial charge in [-0.25, -0.2) is 0 Å². The maximum Gasteiger partial charge on any atom is 0.340 e. The fraction of sp³-hybridized carbons (Fsp3) is 0.800. The van der Waals surface area contributed by atoms with E-state index in [9.17, 15) is 0 Å². The second-order valence-corrected chi connectivity index (χ2v) is 6.49. The molecule has 0 aromatic carbocycles. The topological polar surface area (TPSA) is 66.0 Å². The van der Waals surface area contributed by atoms with Gasteiger partial charge < -0.3 is 8.85 Å². The molecule has 0 rings (SSSR count). The molecule has 0 aliphatic carbocycles. The van der Waals surface area contributed by atoms with Gasteiger partial charge in [-0.3, -0.25) is 0 Å². The Labute approximate surface area is 92.7 Å². The third-order valence-electron chi connectivity index (χ3n) is 2.05. The van der Waals surface area contributed by atoms with E-state index in [1.807, 2.05) is 13.8 Å². The van der Waals surface area contributed by atoms with Gasteiger partial charge in [-0.05, 0) is 13.8 Å². The van der Waals surface area contributed by atoms with Crippen LogP contribution in [-0.4, -0.2) is 21.8 Å². The van der Waals surface area contributed by atoms with E-state index >= 15 is 0 Å². The first-order valence-corrected chi connectivity index (χ1v) is 7.49. The van der Waals surface area contributed by atoms with E-state index in [0.29, 0.717) is 38.1 Å². The lowest BCUT2D eigenvalue weighted by molar-refractivity contribution is 0.183. The Bertz CT molecular complexity index is 219. The number of hydrogen-bond donors (Lipinski definition) is 0. The molecular formula is C10H18N2O2Si. The highest BCUT2D eigenvalue weighted by Gasteiger charge is 2.36. The molecule has 0 amide bonds. The Morgan fingerprint density at radius 2 is 1.33 bits per heavy atom. The zero-order chi connectivity index (χ0) is 11.6. The number of nitriles is 2. The van der Waals surface area contributed by atoms with Gasteiger partial charge in [0.15, 0.2) is 0 Å². The molecule has 0 N–H and O–H groups in total. The molecule has 15 heavy (non-hydrogen) atoms. The summed E-state index contributed by atoms with van der Waals surface area (Å²) in [6.45, 7) is 5.01. The number of nitrogens with zero attached hydrogens (tertiary/aromatic N) is 2. The summed E-state index contributed by atoms with van der Waals surface area (Å²) in [6.07, 6.45) is 0.884. The average molecular weight is 226 g/mol. The van der Waals surface area contributed by atoms with Crippen molar-refractivity contribution in [2.45, 2.75) is 38.8 Å². The highest BCUT2D eigenvalue weighted by atomic mass is 28.4. The number of rotatable bonds is 8. The van der Waals surface area contributed by atoms with Crippen molar-refractivity contribution < 1.29 is 8.85 Å². The van der Waals surface area contributed by atoms with Crippen LogP contribution in [-0.2, 0) is 8.85 Å². The van der Waals surface area contributed by atoms with Crippen LogP contribution < -0.4 is 0 Å². The number of hydrogen-bond acceptors (Lipinski definition) is 4. The van der Waals surface area contributed by atoms with Crippen LogP contribution in [0.5, 0.6) is 0 Å². The highest BCUT2D eigenvalue weighted by Crippen LogP contribution is 2.22. The van der Waals surface area contributed by atoms with Crippen molar-refractivity contribution in [3.63, 3.8) is 0 Å². The van der Waals surface area contributed by atoms with Gasteiger partial charge in [0.1, 0.15) is 0 Å². The lowest BCUT2D eigenvalue weighted by atomic mass is 10.5. The SMILES string of the molecule is CCO[Si](CCC#N)(CCC#N)OCC. The highest BCUT2D eigenvalue weighted by molar-refractivity contribution is 6.67. The fourth-order valence-electron chi connectivity index (χ4n) is 1.47. The lowest BCUT2D eigenvalue weighted by Gasteiger charge is -2.28. The van der Waals surface area contributed by atoms with Gasteiger partial charge in [0.2, 0.25) is 0 Å². The van der Waals surface area contributed by atoms with Gasteiger partial charge in [-0.1, -0.05) is 0 Å². The molecule has 0 aliphatic rings. The Hall–Kier alpha value is -0.883. The minimum absolute atomic E-state index is 0.442. The van der Waals surface area contributed by atoms with E-state index in [0.717, 1.165) is 0 Å². The zero-order valence-electron chi connectivity index (χ0n) is 9.45. The van der Waals surface area contributed by atoms with E-state index in [1.54, 1.807) is 0 Å². The van der Waals surface area contributed by atoms with Gasteiger partial charge in [0, 0.05) is 38.1 Å². The predicted octanol–water partition coefficient (Wildman–Crippen LogP) is 2.33. The molecule has 0 bridgehead atoms. The van der Waals surface area contributed by atoms with Gasteiger partial charge in [0.25, 0.3) is 0 Å². The van der Waals surface area contributed by atoms with E-state index in [-0.39, 0.29) is 0 Å². The summed E-state index contributed by atoms with van der Waals surface area (Å²) < 4.78 is 11.4. The molecule has 0 atom stereocenters. The minimum atomic E-state index is -2.28. The maximum absolute atomic E-state index is 8.59. The Morgan fingerprint density at radius 1 is 0.933 bits per heavy atom. The zero-order valence-corrected chi connectivity index (χ0v) is 10.5. The molecular weight excluding hydrogens is 208 g/mol. The quantitative estimate of drug-likeness (QED) is 0.596. The molecule has 0 fully saturated rings. The second kappa shape index (κ2) is 8.43. The molecule has 0 radical (unpaired) electrons. The third kappa shape index (κ3) is 5.53. The van der Waals surface area contributed by atoms with E-state index in [2.05, 4.69) is 12.1 Å². The minimum Gasteiger partial charge on any atom is -0.394 e. The summed E-state index contributed by atoms with van der Waals surface area (Å²) in [5.41, 5.74) is 0. The average Bonchev–Trinajstić information content (AvgIpc) is 2.24. The van der Waals surface area contributed by atoms with Gasteiger partial charge in [-0.2, -0.15) is 10.5 Å². The van der Waals surface area contributed by atoms with Crippen LogP contribution in [0.25, 0.3) is 0 Å². The maximum atomic E-state index is 8.59. The first-order chi connectivity index (χ1) is 7.24. The van der Waals surface area contributed by atoms with Crippen molar-refractivity contribution in [1.29, 1.82) is 10.5 Å². The molecule has 84 valence electrons. The Balaban J connectivity index is 4.42. The molecule has 0 saturated heterocycles. The summed E-state index contributed by atoms with van der Waals surface area (Å²) in [5.74, 6) is 0. The van der Waals surface area contributed by atoms with Gasteiger partial charge >= 0.3 is 8.56 Å². The van der Waals surface area contributed by atoms with Crippen LogP contribution in [0.3, 0.4) is 0 Å². The molecule has 0 spiro atoms. The van der Waals surface area contributed by atoms with Crippen LogP contribution in [0.2, 0.25) is 12.1 Å².